The number of hydrogen-bond acceptors (Lipinski definition) is 4. The molecule has 2 aromatic rings. The minimum atomic E-state index is -0.311. The summed E-state index contributed by atoms with van der Waals surface area (Å²) in [5.41, 5.74) is -0.0483. The smallest absolute Gasteiger partial charge is 0.274 e. The summed E-state index contributed by atoms with van der Waals surface area (Å²) >= 11 is 0. The number of carbonyl (C=O) groups is 1. The number of nitrogens with zero attached hydrogens (tertiary/aromatic N) is 2. The molecule has 1 N–H and O–H groups in total. The zero-order valence-electron chi connectivity index (χ0n) is 13.0. The third kappa shape index (κ3) is 2.93. The van der Waals surface area contributed by atoms with Gasteiger partial charge in [0.1, 0.15) is 17.2 Å². The fourth-order valence-electron chi connectivity index (χ4n) is 2.93. The third-order valence-corrected chi connectivity index (χ3v) is 4.63. The van der Waals surface area contributed by atoms with Crippen LogP contribution in [0.2, 0.25) is 0 Å². The Labute approximate surface area is 133 Å². The van der Waals surface area contributed by atoms with E-state index in [1.807, 2.05) is 12.1 Å². The summed E-state index contributed by atoms with van der Waals surface area (Å²) in [5, 5.41) is 6.16. The van der Waals surface area contributed by atoms with Crippen LogP contribution in [0.5, 0.6) is 0 Å². The van der Waals surface area contributed by atoms with E-state index >= 15 is 0 Å². The predicted octanol–water partition coefficient (Wildman–Crippen LogP) is 2.29. The van der Waals surface area contributed by atoms with Gasteiger partial charge in [0, 0.05) is 18.0 Å². The van der Waals surface area contributed by atoms with E-state index in [0.717, 1.165) is 24.4 Å². The van der Waals surface area contributed by atoms with Crippen LogP contribution >= 0.6 is 0 Å². The molecule has 2 atom stereocenters. The first-order chi connectivity index (χ1) is 11.1. The second-order valence-corrected chi connectivity index (χ2v) is 6.59. The lowest BCUT2D eigenvalue weighted by Gasteiger charge is -2.20. The minimum absolute atomic E-state index is 0.165. The molecule has 120 valence electrons. The third-order valence-electron chi connectivity index (χ3n) is 4.63. The lowest BCUT2D eigenvalue weighted by molar-refractivity contribution is 0.0709. The maximum atomic E-state index is 12.6. The zero-order valence-corrected chi connectivity index (χ0v) is 13.0. The van der Waals surface area contributed by atoms with Crippen LogP contribution in [-0.4, -0.2) is 27.0 Å². The molecule has 2 aromatic heterocycles. The topological polar surface area (TPSA) is 79.2 Å². The van der Waals surface area contributed by atoms with Crippen LogP contribution in [0.25, 0.3) is 0 Å². The largest absolute Gasteiger partial charge is 0.464 e. The Hall–Kier alpha value is -2.37. The van der Waals surface area contributed by atoms with Crippen molar-refractivity contribution in [1.82, 2.24) is 15.1 Å². The Bertz CT molecular complexity index is 770. The number of carbonyl (C=O) groups excluding carboxylic acids is 1. The predicted molar refractivity (Wildman–Crippen MR) is 83.0 cm³/mol. The fourth-order valence-corrected chi connectivity index (χ4v) is 2.93. The van der Waals surface area contributed by atoms with Crippen LogP contribution in [0, 0.1) is 5.92 Å². The van der Waals surface area contributed by atoms with Crippen LogP contribution < -0.4 is 5.56 Å². The van der Waals surface area contributed by atoms with Gasteiger partial charge >= 0.3 is 0 Å². The van der Waals surface area contributed by atoms with E-state index in [0.29, 0.717) is 18.4 Å². The molecule has 2 heterocycles. The monoisotopic (exact) mass is 313 g/mol. The maximum Gasteiger partial charge on any atom is 0.274 e. The van der Waals surface area contributed by atoms with Gasteiger partial charge in [0.25, 0.3) is 11.5 Å². The van der Waals surface area contributed by atoms with Crippen molar-refractivity contribution in [2.45, 2.75) is 44.7 Å². The van der Waals surface area contributed by atoms with Crippen molar-refractivity contribution in [3.63, 3.8) is 0 Å². The molecular formula is C17H19N3O3. The van der Waals surface area contributed by atoms with Gasteiger partial charge in [-0.1, -0.05) is 6.92 Å². The fraction of sp³-hybridized carbons (Fsp3) is 0.471. The zero-order chi connectivity index (χ0) is 16.0. The van der Waals surface area contributed by atoms with E-state index in [2.05, 4.69) is 17.1 Å². The molecule has 2 fully saturated rings. The van der Waals surface area contributed by atoms with Crippen molar-refractivity contribution in [2.75, 3.05) is 0 Å². The number of nitrogens with one attached hydrogen (secondary N) is 1. The molecular weight excluding hydrogens is 294 g/mol. The highest BCUT2D eigenvalue weighted by Gasteiger charge is 2.38. The number of rotatable bonds is 5. The minimum Gasteiger partial charge on any atom is -0.464 e. The summed E-state index contributed by atoms with van der Waals surface area (Å²) in [6.45, 7) is 2.67. The van der Waals surface area contributed by atoms with Crippen LogP contribution in [-0.2, 0) is 6.54 Å². The lowest BCUT2D eigenvalue weighted by Crippen LogP contribution is -2.33. The first kappa shape index (κ1) is 14.2. The lowest BCUT2D eigenvalue weighted by atomic mass is 10.2. The van der Waals surface area contributed by atoms with Gasteiger partial charge in [0.15, 0.2) is 0 Å². The quantitative estimate of drug-likeness (QED) is 0.918. The molecule has 2 aliphatic rings. The van der Waals surface area contributed by atoms with E-state index < -0.39 is 0 Å². The number of aromatic nitrogens is 2. The average Bonchev–Trinajstić information content (AvgIpc) is 3.46. The van der Waals surface area contributed by atoms with Gasteiger partial charge < -0.3 is 9.32 Å². The summed E-state index contributed by atoms with van der Waals surface area (Å²) in [6, 6.07) is 7.02. The van der Waals surface area contributed by atoms with Crippen LogP contribution in [0.4, 0.5) is 0 Å². The molecule has 2 aliphatic carbocycles. The highest BCUT2D eigenvalue weighted by Crippen LogP contribution is 2.47. The van der Waals surface area contributed by atoms with Gasteiger partial charge in [0.2, 0.25) is 0 Å². The average molecular weight is 313 g/mol. The van der Waals surface area contributed by atoms with E-state index in [-0.39, 0.29) is 23.2 Å². The Kier molecular flexibility index (Phi) is 3.32. The summed E-state index contributed by atoms with van der Waals surface area (Å²) in [4.78, 5) is 25.5. The molecule has 0 radical (unpaired) electrons. The Balaban J connectivity index is 1.51. The Morgan fingerprint density at radius 1 is 1.35 bits per heavy atom. The summed E-state index contributed by atoms with van der Waals surface area (Å²) in [6.07, 6.45) is 3.18. The van der Waals surface area contributed by atoms with Gasteiger partial charge in [-0.3, -0.25) is 9.59 Å². The van der Waals surface area contributed by atoms with Gasteiger partial charge in [-0.2, -0.15) is 5.10 Å². The van der Waals surface area contributed by atoms with Crippen molar-refractivity contribution in [2.24, 2.45) is 5.92 Å². The molecule has 4 rings (SSSR count). The Morgan fingerprint density at radius 2 is 2.13 bits per heavy atom. The van der Waals surface area contributed by atoms with Crippen LogP contribution in [0.3, 0.4) is 0 Å². The van der Waals surface area contributed by atoms with E-state index in [9.17, 15) is 9.59 Å². The van der Waals surface area contributed by atoms with Gasteiger partial charge in [-0.05, 0) is 43.4 Å². The molecule has 23 heavy (non-hydrogen) atoms. The van der Waals surface area contributed by atoms with Crippen molar-refractivity contribution < 1.29 is 9.21 Å². The normalized spacial score (nSPS) is 22.8. The Morgan fingerprint density at radius 3 is 2.74 bits per heavy atom. The second kappa shape index (κ2) is 5.37. The van der Waals surface area contributed by atoms with Crippen molar-refractivity contribution in [3.05, 3.63) is 51.8 Å². The van der Waals surface area contributed by atoms with Crippen molar-refractivity contribution in [3.8, 4) is 0 Å². The van der Waals surface area contributed by atoms with E-state index in [1.165, 1.54) is 18.6 Å². The number of aromatic amines is 1. The van der Waals surface area contributed by atoms with Crippen molar-refractivity contribution in [1.29, 1.82) is 0 Å². The highest BCUT2D eigenvalue weighted by atomic mass is 16.3. The van der Waals surface area contributed by atoms with Crippen LogP contribution in [0.1, 0.15) is 54.1 Å². The number of H-pyrrole nitrogens is 1. The molecule has 6 heteroatoms. The highest BCUT2D eigenvalue weighted by molar-refractivity contribution is 5.92. The standard InChI is InChI=1S/C17H19N3O3/c1-10-8-13(10)15-6-4-12(23-15)9-20(11-2-3-11)17(22)14-5-7-16(21)19-18-14/h4-7,10-11,13H,2-3,8-9H2,1H3,(H,19,21). The first-order valence-electron chi connectivity index (χ1n) is 8.07. The summed E-state index contributed by atoms with van der Waals surface area (Å²) < 4.78 is 5.92. The van der Waals surface area contributed by atoms with E-state index in [1.54, 1.807) is 4.90 Å². The molecule has 2 unspecified atom stereocenters. The molecule has 0 aromatic carbocycles. The van der Waals surface area contributed by atoms with Gasteiger partial charge in [-0.25, -0.2) is 5.10 Å². The van der Waals surface area contributed by atoms with Crippen LogP contribution in [0.15, 0.2) is 33.5 Å². The van der Waals surface area contributed by atoms with Crippen molar-refractivity contribution >= 4 is 5.91 Å². The molecule has 0 saturated heterocycles. The molecule has 0 bridgehead atoms. The molecule has 0 aliphatic heterocycles. The number of furan rings is 1. The van der Waals surface area contributed by atoms with Gasteiger partial charge in [-0.15, -0.1) is 0 Å². The first-order valence-corrected chi connectivity index (χ1v) is 8.07. The maximum absolute atomic E-state index is 12.6. The SMILES string of the molecule is CC1CC1c1ccc(CN(C(=O)c2ccc(=O)[nH]n2)C2CC2)o1. The molecule has 2 saturated carbocycles. The van der Waals surface area contributed by atoms with E-state index in [4.69, 9.17) is 4.42 Å². The molecule has 1 amide bonds. The number of amides is 1. The summed E-state index contributed by atoms with van der Waals surface area (Å²) in [7, 11) is 0. The molecule has 6 nitrogen and oxygen atoms in total. The molecule has 0 spiro atoms. The van der Waals surface area contributed by atoms with Gasteiger partial charge in [0.05, 0.1) is 6.54 Å². The summed E-state index contributed by atoms with van der Waals surface area (Å²) in [5.74, 6) is 2.90. The number of hydrogen-bond donors (Lipinski definition) is 1. The second-order valence-electron chi connectivity index (χ2n) is 6.59.